The highest BCUT2D eigenvalue weighted by Crippen LogP contribution is 1.97. The van der Waals surface area contributed by atoms with E-state index in [2.05, 4.69) is 24.3 Å². The molecule has 0 heterocycles. The standard InChI is InChI=1S/C6H8.C2H4O2/c1-2-4-6-5-3-1;1-2(3)4/h1-2,5-6H,3-4H2;1H3,(H,3,4). The highest BCUT2D eigenvalue weighted by Gasteiger charge is 1.76. The molecule has 2 heteroatoms. The Morgan fingerprint density at radius 2 is 1.40 bits per heavy atom. The second-order valence-corrected chi connectivity index (χ2v) is 1.93. The molecule has 1 N–H and O–H groups in total. The van der Waals surface area contributed by atoms with Crippen molar-refractivity contribution in [3.8, 4) is 0 Å². The van der Waals surface area contributed by atoms with Gasteiger partial charge in [0.1, 0.15) is 0 Å². The molecule has 0 saturated carbocycles. The molecule has 1 aliphatic carbocycles. The molecular weight excluding hydrogens is 128 g/mol. The zero-order valence-corrected chi connectivity index (χ0v) is 6.08. The van der Waals surface area contributed by atoms with Gasteiger partial charge in [0, 0.05) is 6.92 Å². The van der Waals surface area contributed by atoms with Crippen LogP contribution in [0, 0.1) is 0 Å². The van der Waals surface area contributed by atoms with E-state index < -0.39 is 5.97 Å². The Hall–Kier alpha value is -1.05. The van der Waals surface area contributed by atoms with Crippen LogP contribution in [-0.2, 0) is 4.79 Å². The maximum Gasteiger partial charge on any atom is 0.300 e. The molecular formula is C8H12O2. The van der Waals surface area contributed by atoms with E-state index in [1.165, 1.54) is 0 Å². The van der Waals surface area contributed by atoms with Crippen molar-refractivity contribution in [2.75, 3.05) is 0 Å². The lowest BCUT2D eigenvalue weighted by atomic mass is 10.2. The van der Waals surface area contributed by atoms with Crippen LogP contribution in [0.5, 0.6) is 0 Å². The molecule has 0 fully saturated rings. The molecule has 10 heavy (non-hydrogen) atoms. The third-order valence-corrected chi connectivity index (χ3v) is 0.878. The second-order valence-electron chi connectivity index (χ2n) is 1.93. The quantitative estimate of drug-likeness (QED) is 0.522. The van der Waals surface area contributed by atoms with Crippen molar-refractivity contribution in [1.29, 1.82) is 0 Å². The largest absolute Gasteiger partial charge is 0.481 e. The summed E-state index contributed by atoms with van der Waals surface area (Å²) in [6, 6.07) is 0. The van der Waals surface area contributed by atoms with Gasteiger partial charge in [0.2, 0.25) is 0 Å². The number of carboxylic acid groups (broad SMARTS) is 1. The van der Waals surface area contributed by atoms with Gasteiger partial charge >= 0.3 is 0 Å². The first-order chi connectivity index (χ1) is 4.73. The van der Waals surface area contributed by atoms with Crippen LogP contribution in [0.2, 0.25) is 0 Å². The van der Waals surface area contributed by atoms with E-state index in [1.54, 1.807) is 0 Å². The number of allylic oxidation sites excluding steroid dienone is 4. The minimum absolute atomic E-state index is 0.833. The Balaban J connectivity index is 0.000000180. The van der Waals surface area contributed by atoms with Gasteiger partial charge in [0.15, 0.2) is 0 Å². The average molecular weight is 140 g/mol. The molecule has 0 aromatic heterocycles. The predicted molar refractivity (Wildman–Crippen MR) is 40.8 cm³/mol. The van der Waals surface area contributed by atoms with Gasteiger partial charge in [-0.25, -0.2) is 0 Å². The first-order valence-electron chi connectivity index (χ1n) is 3.23. The van der Waals surface area contributed by atoms with Gasteiger partial charge in [-0.15, -0.1) is 0 Å². The molecule has 0 radical (unpaired) electrons. The smallest absolute Gasteiger partial charge is 0.300 e. The zero-order valence-electron chi connectivity index (χ0n) is 6.08. The molecule has 0 aliphatic heterocycles. The monoisotopic (exact) mass is 140 g/mol. The molecule has 1 aliphatic rings. The van der Waals surface area contributed by atoms with Crippen molar-refractivity contribution in [1.82, 2.24) is 0 Å². The minimum atomic E-state index is -0.833. The number of carbonyl (C=O) groups is 1. The summed E-state index contributed by atoms with van der Waals surface area (Å²) in [6.07, 6.45) is 11.0. The van der Waals surface area contributed by atoms with Gasteiger partial charge in [0.05, 0.1) is 0 Å². The Morgan fingerprint density at radius 1 is 1.20 bits per heavy atom. The van der Waals surface area contributed by atoms with Crippen molar-refractivity contribution < 1.29 is 9.90 Å². The Bertz CT molecular complexity index is 121. The Kier molecular flexibility index (Phi) is 5.44. The van der Waals surface area contributed by atoms with Crippen LogP contribution in [0.3, 0.4) is 0 Å². The van der Waals surface area contributed by atoms with E-state index in [0.717, 1.165) is 19.8 Å². The second kappa shape index (κ2) is 6.08. The number of hydrogen-bond acceptors (Lipinski definition) is 1. The molecule has 0 amide bonds. The summed E-state index contributed by atoms with van der Waals surface area (Å²) in [6.45, 7) is 1.08. The van der Waals surface area contributed by atoms with E-state index in [0.29, 0.717) is 0 Å². The number of aliphatic carboxylic acids is 1. The van der Waals surface area contributed by atoms with Gasteiger partial charge in [-0.1, -0.05) is 24.3 Å². The van der Waals surface area contributed by atoms with Crippen molar-refractivity contribution in [3.63, 3.8) is 0 Å². The lowest BCUT2D eigenvalue weighted by Crippen LogP contribution is -1.78. The normalized spacial score (nSPS) is 13.7. The molecule has 0 saturated heterocycles. The maximum atomic E-state index is 9.00. The van der Waals surface area contributed by atoms with Crippen LogP contribution < -0.4 is 0 Å². The van der Waals surface area contributed by atoms with Gasteiger partial charge in [0.25, 0.3) is 5.97 Å². The van der Waals surface area contributed by atoms with E-state index in [9.17, 15) is 0 Å². The average Bonchev–Trinajstić information content (AvgIpc) is 1.90. The van der Waals surface area contributed by atoms with Gasteiger partial charge < -0.3 is 5.11 Å². The molecule has 0 atom stereocenters. The van der Waals surface area contributed by atoms with E-state index in [1.807, 2.05) is 0 Å². The number of carboxylic acids is 1. The molecule has 0 bridgehead atoms. The molecule has 56 valence electrons. The van der Waals surface area contributed by atoms with Crippen LogP contribution in [0.25, 0.3) is 0 Å². The lowest BCUT2D eigenvalue weighted by molar-refractivity contribution is -0.134. The van der Waals surface area contributed by atoms with Gasteiger partial charge in [-0.2, -0.15) is 0 Å². The number of rotatable bonds is 0. The maximum absolute atomic E-state index is 9.00. The highest BCUT2D eigenvalue weighted by atomic mass is 16.4. The topological polar surface area (TPSA) is 37.3 Å². The summed E-state index contributed by atoms with van der Waals surface area (Å²) in [5.74, 6) is -0.833. The summed E-state index contributed by atoms with van der Waals surface area (Å²) in [4.78, 5) is 9.00. The fraction of sp³-hybridized carbons (Fsp3) is 0.375. The molecule has 0 unspecified atom stereocenters. The first kappa shape index (κ1) is 8.95. The highest BCUT2D eigenvalue weighted by molar-refractivity contribution is 5.62. The third-order valence-electron chi connectivity index (χ3n) is 0.878. The number of hydrogen-bond donors (Lipinski definition) is 1. The SMILES string of the molecule is C1=CCC=CC1.CC(=O)O. The first-order valence-corrected chi connectivity index (χ1v) is 3.23. The summed E-state index contributed by atoms with van der Waals surface area (Å²) in [7, 11) is 0. The van der Waals surface area contributed by atoms with Crippen molar-refractivity contribution >= 4 is 5.97 Å². The van der Waals surface area contributed by atoms with Crippen LogP contribution in [0.4, 0.5) is 0 Å². The fourth-order valence-electron chi connectivity index (χ4n) is 0.542. The Morgan fingerprint density at radius 3 is 1.50 bits per heavy atom. The van der Waals surface area contributed by atoms with E-state index in [-0.39, 0.29) is 0 Å². The predicted octanol–water partition coefficient (Wildman–Crippen LogP) is 1.98. The van der Waals surface area contributed by atoms with Crippen molar-refractivity contribution in [2.45, 2.75) is 19.8 Å². The minimum Gasteiger partial charge on any atom is -0.481 e. The van der Waals surface area contributed by atoms with E-state index >= 15 is 0 Å². The van der Waals surface area contributed by atoms with Crippen molar-refractivity contribution in [2.24, 2.45) is 0 Å². The summed E-state index contributed by atoms with van der Waals surface area (Å²) in [5.41, 5.74) is 0. The summed E-state index contributed by atoms with van der Waals surface area (Å²) >= 11 is 0. The molecule has 2 nitrogen and oxygen atoms in total. The lowest BCUT2D eigenvalue weighted by Gasteiger charge is -1.87. The van der Waals surface area contributed by atoms with Crippen LogP contribution in [0.15, 0.2) is 24.3 Å². The van der Waals surface area contributed by atoms with Crippen LogP contribution in [-0.4, -0.2) is 11.1 Å². The van der Waals surface area contributed by atoms with Gasteiger partial charge in [-0.05, 0) is 12.8 Å². The van der Waals surface area contributed by atoms with Crippen LogP contribution >= 0.6 is 0 Å². The third kappa shape index (κ3) is 10.0. The van der Waals surface area contributed by atoms with Crippen LogP contribution in [0.1, 0.15) is 19.8 Å². The van der Waals surface area contributed by atoms with Gasteiger partial charge in [-0.3, -0.25) is 4.79 Å². The molecule has 0 spiro atoms. The molecule has 1 rings (SSSR count). The zero-order chi connectivity index (χ0) is 7.82. The summed E-state index contributed by atoms with van der Waals surface area (Å²) in [5, 5.41) is 7.42. The van der Waals surface area contributed by atoms with E-state index in [4.69, 9.17) is 9.90 Å². The fourth-order valence-corrected chi connectivity index (χ4v) is 0.542. The Labute approximate surface area is 60.9 Å². The molecule has 0 aromatic rings. The van der Waals surface area contributed by atoms with Crippen molar-refractivity contribution in [3.05, 3.63) is 24.3 Å². The molecule has 0 aromatic carbocycles. The summed E-state index contributed by atoms with van der Waals surface area (Å²) < 4.78 is 0.